The van der Waals surface area contributed by atoms with Crippen molar-refractivity contribution in [3.63, 3.8) is 0 Å². The minimum absolute atomic E-state index is 0.453. The highest BCUT2D eigenvalue weighted by atomic mass is 14.7. The summed E-state index contributed by atoms with van der Waals surface area (Å²) >= 11 is 0. The van der Waals surface area contributed by atoms with Crippen molar-refractivity contribution >= 4 is 0 Å². The predicted octanol–water partition coefficient (Wildman–Crippen LogP) is 2.94. The van der Waals surface area contributed by atoms with Gasteiger partial charge in [0.15, 0.2) is 0 Å². The van der Waals surface area contributed by atoms with E-state index < -0.39 is 0 Å². The summed E-state index contributed by atoms with van der Waals surface area (Å²) in [6.45, 7) is 7.23. The molecule has 2 saturated carbocycles. The van der Waals surface area contributed by atoms with Gasteiger partial charge in [-0.3, -0.25) is 0 Å². The zero-order valence-corrected chi connectivity index (χ0v) is 9.27. The highest BCUT2D eigenvalue weighted by molar-refractivity contribution is 5.00. The molecule has 0 aromatic heterocycles. The van der Waals surface area contributed by atoms with Crippen LogP contribution in [0.25, 0.3) is 0 Å². The summed E-state index contributed by atoms with van der Waals surface area (Å²) in [6, 6.07) is 0.453. The number of hydrogen-bond donors (Lipinski definition) is 1. The van der Waals surface area contributed by atoms with Crippen molar-refractivity contribution in [2.45, 2.75) is 58.9 Å². The fourth-order valence-corrected chi connectivity index (χ4v) is 3.71. The predicted molar refractivity (Wildman–Crippen MR) is 56.4 cm³/mol. The van der Waals surface area contributed by atoms with Crippen LogP contribution in [-0.4, -0.2) is 6.04 Å². The van der Waals surface area contributed by atoms with Gasteiger partial charge < -0.3 is 5.73 Å². The van der Waals surface area contributed by atoms with Crippen LogP contribution in [0.1, 0.15) is 52.9 Å². The second kappa shape index (κ2) is 2.73. The average molecular weight is 181 g/mol. The van der Waals surface area contributed by atoms with Crippen LogP contribution < -0.4 is 5.73 Å². The Morgan fingerprint density at radius 3 is 2.15 bits per heavy atom. The van der Waals surface area contributed by atoms with Gasteiger partial charge in [-0.2, -0.15) is 0 Å². The molecule has 0 heterocycles. The van der Waals surface area contributed by atoms with Crippen LogP contribution in [0.3, 0.4) is 0 Å². The Morgan fingerprint density at radius 2 is 1.69 bits per heavy atom. The van der Waals surface area contributed by atoms with Crippen LogP contribution in [-0.2, 0) is 0 Å². The lowest BCUT2D eigenvalue weighted by Crippen LogP contribution is -2.43. The third kappa shape index (κ3) is 1.90. The van der Waals surface area contributed by atoms with Crippen LogP contribution in [0, 0.1) is 16.7 Å². The van der Waals surface area contributed by atoms with E-state index in [0.717, 1.165) is 5.92 Å². The fourth-order valence-electron chi connectivity index (χ4n) is 3.71. The van der Waals surface area contributed by atoms with E-state index in [0.29, 0.717) is 16.9 Å². The molecule has 0 bridgehead atoms. The highest BCUT2D eigenvalue weighted by Crippen LogP contribution is 2.57. The molecule has 0 amide bonds. The van der Waals surface area contributed by atoms with Gasteiger partial charge >= 0.3 is 0 Å². The van der Waals surface area contributed by atoms with Gasteiger partial charge in [-0.1, -0.05) is 20.8 Å². The number of hydrogen-bond acceptors (Lipinski definition) is 1. The van der Waals surface area contributed by atoms with Crippen molar-refractivity contribution in [1.29, 1.82) is 0 Å². The van der Waals surface area contributed by atoms with E-state index in [1.54, 1.807) is 0 Å². The summed E-state index contributed by atoms with van der Waals surface area (Å²) in [4.78, 5) is 0. The molecule has 0 aromatic rings. The maximum Gasteiger partial charge on any atom is 0.00492 e. The first kappa shape index (κ1) is 9.51. The lowest BCUT2D eigenvalue weighted by Gasteiger charge is -2.46. The Hall–Kier alpha value is -0.0400. The molecule has 2 unspecified atom stereocenters. The maximum atomic E-state index is 6.15. The van der Waals surface area contributed by atoms with Gasteiger partial charge in [0.05, 0.1) is 0 Å². The highest BCUT2D eigenvalue weighted by Gasteiger charge is 2.48. The van der Waals surface area contributed by atoms with E-state index in [1.807, 2.05) is 0 Å². The van der Waals surface area contributed by atoms with Crippen LogP contribution in [0.2, 0.25) is 0 Å². The Kier molecular flexibility index (Phi) is 1.99. The Balaban J connectivity index is 2.11. The Morgan fingerprint density at radius 1 is 1.08 bits per heavy atom. The van der Waals surface area contributed by atoms with Gasteiger partial charge in [0.2, 0.25) is 0 Å². The first-order valence-electron chi connectivity index (χ1n) is 5.67. The van der Waals surface area contributed by atoms with E-state index in [1.165, 1.54) is 32.1 Å². The van der Waals surface area contributed by atoms with Gasteiger partial charge in [-0.15, -0.1) is 0 Å². The van der Waals surface area contributed by atoms with Crippen molar-refractivity contribution < 1.29 is 0 Å². The minimum Gasteiger partial charge on any atom is -0.328 e. The molecule has 0 aromatic carbocycles. The second-order valence-corrected chi connectivity index (χ2v) is 6.44. The summed E-state index contributed by atoms with van der Waals surface area (Å²) in [5.41, 5.74) is 7.20. The monoisotopic (exact) mass is 181 g/mol. The smallest absolute Gasteiger partial charge is 0.00492 e. The summed E-state index contributed by atoms with van der Waals surface area (Å²) in [5, 5.41) is 0. The van der Waals surface area contributed by atoms with E-state index in [2.05, 4.69) is 20.8 Å². The molecule has 0 radical (unpaired) electrons. The number of rotatable bonds is 1. The normalized spacial score (nSPS) is 44.8. The quantitative estimate of drug-likeness (QED) is 0.661. The summed E-state index contributed by atoms with van der Waals surface area (Å²) in [6.07, 6.45) is 6.79. The number of nitrogens with two attached hydrogens (primary N) is 1. The van der Waals surface area contributed by atoms with Gasteiger partial charge in [0.25, 0.3) is 0 Å². The summed E-state index contributed by atoms with van der Waals surface area (Å²) in [7, 11) is 0. The van der Waals surface area contributed by atoms with Gasteiger partial charge in [-0.25, -0.2) is 0 Å². The third-order valence-corrected chi connectivity index (χ3v) is 3.99. The topological polar surface area (TPSA) is 26.0 Å². The molecule has 2 aliphatic rings. The Labute approximate surface area is 82.1 Å². The molecule has 2 fully saturated rings. The summed E-state index contributed by atoms with van der Waals surface area (Å²) in [5.74, 6) is 0.998. The first-order chi connectivity index (χ1) is 5.91. The summed E-state index contributed by atoms with van der Waals surface area (Å²) < 4.78 is 0. The Bertz CT molecular complexity index is 205. The first-order valence-corrected chi connectivity index (χ1v) is 5.67. The lowest BCUT2D eigenvalue weighted by atomic mass is 9.61. The minimum atomic E-state index is 0.453. The van der Waals surface area contributed by atoms with Gasteiger partial charge in [0, 0.05) is 6.04 Å². The SMILES string of the molecule is CC1(C)CC(N)CC(C)(C2CC2)C1. The molecule has 2 N–H and O–H groups in total. The molecule has 1 nitrogen and oxygen atoms in total. The van der Waals surface area contributed by atoms with Crippen molar-refractivity contribution in [2.24, 2.45) is 22.5 Å². The molecule has 76 valence electrons. The molecule has 0 spiro atoms. The van der Waals surface area contributed by atoms with Gasteiger partial charge in [0.1, 0.15) is 0 Å². The van der Waals surface area contributed by atoms with Crippen molar-refractivity contribution in [1.82, 2.24) is 0 Å². The molecule has 0 saturated heterocycles. The van der Waals surface area contributed by atoms with E-state index in [4.69, 9.17) is 5.73 Å². The van der Waals surface area contributed by atoms with Crippen molar-refractivity contribution in [3.05, 3.63) is 0 Å². The molecular formula is C12H23N. The molecule has 2 aliphatic carbocycles. The molecular weight excluding hydrogens is 158 g/mol. The van der Waals surface area contributed by atoms with E-state index in [-0.39, 0.29) is 0 Å². The fraction of sp³-hybridized carbons (Fsp3) is 1.00. The molecule has 0 aliphatic heterocycles. The average Bonchev–Trinajstić information content (AvgIpc) is 2.57. The zero-order valence-electron chi connectivity index (χ0n) is 9.27. The van der Waals surface area contributed by atoms with Crippen LogP contribution in [0.4, 0.5) is 0 Å². The maximum absolute atomic E-state index is 6.15. The lowest BCUT2D eigenvalue weighted by molar-refractivity contribution is 0.0647. The van der Waals surface area contributed by atoms with Gasteiger partial charge in [-0.05, 0) is 48.9 Å². The second-order valence-electron chi connectivity index (χ2n) is 6.44. The third-order valence-electron chi connectivity index (χ3n) is 3.99. The molecule has 2 rings (SSSR count). The van der Waals surface area contributed by atoms with E-state index >= 15 is 0 Å². The molecule has 1 heteroatoms. The standard InChI is InChI=1S/C12H23N/c1-11(2)6-10(13)7-12(3,8-11)9-4-5-9/h9-10H,4-8,13H2,1-3H3. The van der Waals surface area contributed by atoms with Crippen molar-refractivity contribution in [3.8, 4) is 0 Å². The molecule has 13 heavy (non-hydrogen) atoms. The zero-order chi connectivity index (χ0) is 9.69. The van der Waals surface area contributed by atoms with Crippen LogP contribution >= 0.6 is 0 Å². The van der Waals surface area contributed by atoms with Crippen LogP contribution in [0.5, 0.6) is 0 Å². The van der Waals surface area contributed by atoms with Crippen LogP contribution in [0.15, 0.2) is 0 Å². The molecule has 2 atom stereocenters. The van der Waals surface area contributed by atoms with Crippen molar-refractivity contribution in [2.75, 3.05) is 0 Å². The van der Waals surface area contributed by atoms with E-state index in [9.17, 15) is 0 Å². The largest absolute Gasteiger partial charge is 0.328 e.